The van der Waals surface area contributed by atoms with Crippen LogP contribution in [0.4, 0.5) is 0 Å². The second kappa shape index (κ2) is 6.12. The minimum atomic E-state index is -3.48. The van der Waals surface area contributed by atoms with Gasteiger partial charge in [-0.15, -0.1) is 0 Å². The zero-order valence-electron chi connectivity index (χ0n) is 8.35. The highest BCUT2D eigenvalue weighted by molar-refractivity contribution is 14.1. The van der Waals surface area contributed by atoms with Gasteiger partial charge in [-0.25, -0.2) is 18.1 Å². The first-order chi connectivity index (χ1) is 7.60. The molecule has 0 fully saturated rings. The van der Waals surface area contributed by atoms with E-state index in [9.17, 15) is 8.42 Å². The molecule has 16 heavy (non-hydrogen) atoms. The van der Waals surface area contributed by atoms with Gasteiger partial charge in [-0.1, -0.05) is 22.6 Å². The number of rotatable bonds is 5. The van der Waals surface area contributed by atoms with Crippen LogP contribution in [0.2, 0.25) is 0 Å². The number of hydrogen-bond acceptors (Lipinski definition) is 4. The van der Waals surface area contributed by atoms with Crippen molar-refractivity contribution >= 4 is 32.6 Å². The molecule has 5 nitrogen and oxygen atoms in total. The molecular formula is C9H10IN3O2S. The Labute approximate surface area is 108 Å². The van der Waals surface area contributed by atoms with Gasteiger partial charge in [0.1, 0.15) is 16.7 Å². The average Bonchev–Trinajstić information content (AvgIpc) is 2.29. The molecule has 0 aliphatic heterocycles. The lowest BCUT2D eigenvalue weighted by atomic mass is 10.4. The van der Waals surface area contributed by atoms with E-state index in [0.29, 0.717) is 6.54 Å². The Morgan fingerprint density at radius 3 is 2.75 bits per heavy atom. The molecule has 0 saturated carbocycles. The molecular weight excluding hydrogens is 341 g/mol. The first kappa shape index (κ1) is 13.3. The number of hydrogen-bond donors (Lipinski definition) is 1. The lowest BCUT2D eigenvalue weighted by molar-refractivity contribution is 0.581. The van der Waals surface area contributed by atoms with Crippen molar-refractivity contribution in [1.29, 1.82) is 5.26 Å². The molecule has 0 saturated heterocycles. The third-order valence-electron chi connectivity index (χ3n) is 1.76. The SMILES string of the molecule is N#Cc1ccc(S(=O)(=O)NCCCI)cn1. The van der Waals surface area contributed by atoms with Gasteiger partial charge < -0.3 is 0 Å². The number of aromatic nitrogens is 1. The maximum atomic E-state index is 11.7. The quantitative estimate of drug-likeness (QED) is 0.489. The van der Waals surface area contributed by atoms with Crippen molar-refractivity contribution in [3.05, 3.63) is 24.0 Å². The molecule has 0 bridgehead atoms. The van der Waals surface area contributed by atoms with Gasteiger partial charge in [-0.05, 0) is 18.6 Å². The van der Waals surface area contributed by atoms with Gasteiger partial charge in [-0.2, -0.15) is 5.26 Å². The van der Waals surface area contributed by atoms with Gasteiger partial charge in [0.05, 0.1) is 0 Å². The summed E-state index contributed by atoms with van der Waals surface area (Å²) in [5.41, 5.74) is 0.200. The number of nitrogens with zero attached hydrogens (tertiary/aromatic N) is 2. The zero-order chi connectivity index (χ0) is 12.0. The number of nitriles is 1. The van der Waals surface area contributed by atoms with E-state index in [-0.39, 0.29) is 10.6 Å². The molecule has 0 unspecified atom stereocenters. The Bertz CT molecular complexity index is 478. The molecule has 7 heteroatoms. The average molecular weight is 351 g/mol. The van der Waals surface area contributed by atoms with Crippen LogP contribution in [0.5, 0.6) is 0 Å². The zero-order valence-corrected chi connectivity index (χ0v) is 11.3. The van der Waals surface area contributed by atoms with Gasteiger partial charge in [0, 0.05) is 17.2 Å². The van der Waals surface area contributed by atoms with Crippen LogP contribution in [0.15, 0.2) is 23.2 Å². The highest BCUT2D eigenvalue weighted by atomic mass is 127. The molecule has 0 spiro atoms. The summed E-state index contributed by atoms with van der Waals surface area (Å²) in [6.45, 7) is 0.408. The molecule has 1 aromatic rings. The standard InChI is InChI=1S/C9H10IN3O2S/c10-4-1-5-13-16(14,15)9-3-2-8(6-11)12-7-9/h2-3,7,13H,1,4-5H2. The highest BCUT2D eigenvalue weighted by Crippen LogP contribution is 2.07. The van der Waals surface area contributed by atoms with Crippen LogP contribution in [0.1, 0.15) is 12.1 Å². The van der Waals surface area contributed by atoms with Crippen molar-refractivity contribution in [1.82, 2.24) is 9.71 Å². The van der Waals surface area contributed by atoms with Gasteiger partial charge in [0.25, 0.3) is 0 Å². The van der Waals surface area contributed by atoms with Crippen molar-refractivity contribution in [3.8, 4) is 6.07 Å². The van der Waals surface area contributed by atoms with Crippen molar-refractivity contribution in [2.45, 2.75) is 11.3 Å². The molecule has 0 radical (unpaired) electrons. The highest BCUT2D eigenvalue weighted by Gasteiger charge is 2.13. The van der Waals surface area contributed by atoms with E-state index in [4.69, 9.17) is 5.26 Å². The van der Waals surface area contributed by atoms with Crippen molar-refractivity contribution in [3.63, 3.8) is 0 Å². The second-order valence-electron chi connectivity index (χ2n) is 2.93. The summed E-state index contributed by atoms with van der Waals surface area (Å²) >= 11 is 2.18. The first-order valence-electron chi connectivity index (χ1n) is 4.52. The van der Waals surface area contributed by atoms with Crippen LogP contribution in [-0.4, -0.2) is 24.4 Å². The Morgan fingerprint density at radius 2 is 2.25 bits per heavy atom. The van der Waals surface area contributed by atoms with E-state index in [0.717, 1.165) is 10.8 Å². The normalized spacial score (nSPS) is 11.0. The summed E-state index contributed by atoms with van der Waals surface area (Å²) in [7, 11) is -3.48. The largest absolute Gasteiger partial charge is 0.244 e. The molecule has 0 aromatic carbocycles. The lowest BCUT2D eigenvalue weighted by Gasteiger charge is -2.04. The Hall–Kier alpha value is -0.720. The second-order valence-corrected chi connectivity index (χ2v) is 5.78. The lowest BCUT2D eigenvalue weighted by Crippen LogP contribution is -2.25. The minimum Gasteiger partial charge on any atom is -0.244 e. The van der Waals surface area contributed by atoms with E-state index in [1.54, 1.807) is 0 Å². The van der Waals surface area contributed by atoms with E-state index in [2.05, 4.69) is 32.3 Å². The van der Waals surface area contributed by atoms with E-state index in [1.165, 1.54) is 18.3 Å². The maximum absolute atomic E-state index is 11.7. The Balaban J connectivity index is 2.79. The Kier molecular flexibility index (Phi) is 5.11. The predicted octanol–water partition coefficient (Wildman–Crippen LogP) is 1.06. The molecule has 0 aliphatic carbocycles. The van der Waals surface area contributed by atoms with E-state index < -0.39 is 10.0 Å². The van der Waals surface area contributed by atoms with Crippen LogP contribution in [0.25, 0.3) is 0 Å². The van der Waals surface area contributed by atoms with Gasteiger partial charge in [0.2, 0.25) is 10.0 Å². The number of nitrogens with one attached hydrogen (secondary N) is 1. The molecule has 0 atom stereocenters. The van der Waals surface area contributed by atoms with Crippen LogP contribution < -0.4 is 4.72 Å². The van der Waals surface area contributed by atoms with Crippen LogP contribution in [-0.2, 0) is 10.0 Å². The van der Waals surface area contributed by atoms with Gasteiger partial charge in [-0.3, -0.25) is 0 Å². The minimum absolute atomic E-state index is 0.0833. The number of sulfonamides is 1. The molecule has 86 valence electrons. The summed E-state index contributed by atoms with van der Waals surface area (Å²) in [5, 5.41) is 8.53. The van der Waals surface area contributed by atoms with Crippen LogP contribution >= 0.6 is 22.6 Å². The van der Waals surface area contributed by atoms with E-state index >= 15 is 0 Å². The molecule has 1 heterocycles. The predicted molar refractivity (Wildman–Crippen MR) is 67.6 cm³/mol. The summed E-state index contributed by atoms with van der Waals surface area (Å²) in [6, 6.07) is 4.59. The smallest absolute Gasteiger partial charge is 0.242 e. The number of alkyl halides is 1. The van der Waals surface area contributed by atoms with Crippen LogP contribution in [0.3, 0.4) is 0 Å². The fourth-order valence-electron chi connectivity index (χ4n) is 0.962. The monoisotopic (exact) mass is 351 g/mol. The molecule has 0 amide bonds. The topological polar surface area (TPSA) is 82.8 Å². The van der Waals surface area contributed by atoms with Crippen molar-refractivity contribution in [2.75, 3.05) is 11.0 Å². The third-order valence-corrected chi connectivity index (χ3v) is 3.97. The summed E-state index contributed by atoms with van der Waals surface area (Å²) in [6.07, 6.45) is 1.97. The number of pyridine rings is 1. The fourth-order valence-corrected chi connectivity index (χ4v) is 2.36. The first-order valence-corrected chi connectivity index (χ1v) is 7.53. The van der Waals surface area contributed by atoms with Crippen molar-refractivity contribution in [2.24, 2.45) is 0 Å². The van der Waals surface area contributed by atoms with Gasteiger partial charge >= 0.3 is 0 Å². The molecule has 1 aromatic heterocycles. The maximum Gasteiger partial charge on any atom is 0.242 e. The summed E-state index contributed by atoms with van der Waals surface area (Å²) in [4.78, 5) is 3.79. The fraction of sp³-hybridized carbons (Fsp3) is 0.333. The van der Waals surface area contributed by atoms with Crippen molar-refractivity contribution < 1.29 is 8.42 Å². The summed E-state index contributed by atoms with van der Waals surface area (Å²) < 4.78 is 26.7. The van der Waals surface area contributed by atoms with Crippen LogP contribution in [0, 0.1) is 11.3 Å². The summed E-state index contributed by atoms with van der Waals surface area (Å²) in [5.74, 6) is 0. The molecule has 1 N–H and O–H groups in total. The Morgan fingerprint density at radius 1 is 1.50 bits per heavy atom. The van der Waals surface area contributed by atoms with Gasteiger partial charge in [0.15, 0.2) is 0 Å². The molecule has 1 rings (SSSR count). The molecule has 0 aliphatic rings. The van der Waals surface area contributed by atoms with E-state index in [1.807, 2.05) is 6.07 Å². The third kappa shape index (κ3) is 3.70. The number of halogens is 1.